The Bertz CT molecular complexity index is 1130. The van der Waals surface area contributed by atoms with Gasteiger partial charge in [-0.05, 0) is 84.6 Å². The Hall–Kier alpha value is -2.38. The number of aliphatic hydroxyl groups excluding tert-OH is 1. The molecule has 2 bridgehead atoms. The van der Waals surface area contributed by atoms with Crippen LogP contribution in [0.25, 0.3) is 0 Å². The van der Waals surface area contributed by atoms with Crippen molar-refractivity contribution in [1.29, 1.82) is 0 Å². The quantitative estimate of drug-likeness (QED) is 0.174. The fourth-order valence-corrected chi connectivity index (χ4v) is 5.05. The van der Waals surface area contributed by atoms with Gasteiger partial charge in [0, 0.05) is 5.92 Å². The van der Waals surface area contributed by atoms with Gasteiger partial charge in [-0.3, -0.25) is 9.59 Å². The van der Waals surface area contributed by atoms with E-state index in [1.165, 1.54) is 25.3 Å². The van der Waals surface area contributed by atoms with Crippen LogP contribution in [0.1, 0.15) is 120 Å². The van der Waals surface area contributed by atoms with Crippen LogP contribution in [0.5, 0.6) is 0 Å². The van der Waals surface area contributed by atoms with Crippen LogP contribution in [0.4, 0.5) is 26.3 Å². The third-order valence-electron chi connectivity index (χ3n) is 9.74. The van der Waals surface area contributed by atoms with E-state index in [-0.39, 0.29) is 25.2 Å². The Morgan fingerprint density at radius 1 is 0.898 bits per heavy atom. The molecule has 0 aromatic heterocycles. The van der Waals surface area contributed by atoms with Gasteiger partial charge in [0.1, 0.15) is 0 Å². The molecule has 3 rings (SSSR count). The molecule has 5 atom stereocenters. The van der Waals surface area contributed by atoms with Gasteiger partial charge in [-0.25, -0.2) is 0 Å². The lowest BCUT2D eigenvalue weighted by Crippen LogP contribution is -2.70. The van der Waals surface area contributed by atoms with Crippen molar-refractivity contribution in [2.24, 2.45) is 16.7 Å². The zero-order chi connectivity index (χ0) is 37.4. The third kappa shape index (κ3) is 11.6. The minimum absolute atomic E-state index is 0. The monoisotopic (exact) mass is 716 g/mol. The molecule has 0 spiro atoms. The number of carbonyl (C=O) groups excluding carboxylic acids is 2. The Labute approximate surface area is 288 Å². The highest BCUT2D eigenvalue weighted by Crippen LogP contribution is 2.51. The summed E-state index contributed by atoms with van der Waals surface area (Å²) in [5.41, 5.74) is -9.20. The van der Waals surface area contributed by atoms with Crippen LogP contribution >= 0.6 is 0 Å². The van der Waals surface area contributed by atoms with E-state index in [4.69, 9.17) is 14.6 Å². The van der Waals surface area contributed by atoms with E-state index in [0.29, 0.717) is 44.5 Å². The predicted octanol–water partition coefficient (Wildman–Crippen LogP) is 8.94. The summed E-state index contributed by atoms with van der Waals surface area (Å²) < 4.78 is 92.2. The fraction of sp³-hybridized carbons (Fsp3) is 0.778. The van der Waals surface area contributed by atoms with Crippen molar-refractivity contribution in [3.63, 3.8) is 0 Å². The normalized spacial score (nSPS) is 21.1. The van der Waals surface area contributed by atoms with Crippen LogP contribution < -0.4 is 0 Å². The topological polar surface area (TPSA) is 102 Å². The van der Waals surface area contributed by atoms with Crippen molar-refractivity contribution in [3.8, 4) is 0 Å². The number of hydrogen-bond acceptors (Lipinski definition) is 7. The van der Waals surface area contributed by atoms with E-state index >= 15 is 0 Å². The molecule has 1 aromatic carbocycles. The third-order valence-corrected chi connectivity index (χ3v) is 9.74. The molecule has 0 saturated carbocycles. The second-order valence-electron chi connectivity index (χ2n) is 14.1. The SMILES string of the molecule is C.CCC(C)(C)C(=O)OCC1CC2CCC1O2.CCC(C)(CO)C(=O)OC(C)(C)C(O)(C(F)(F)F)C(F)(F)F.CCC(C)c1ccccc1. The van der Waals surface area contributed by atoms with E-state index < -0.39 is 41.5 Å². The van der Waals surface area contributed by atoms with E-state index in [0.717, 1.165) is 26.2 Å². The van der Waals surface area contributed by atoms with Crippen molar-refractivity contribution in [3.05, 3.63) is 35.9 Å². The molecule has 2 heterocycles. The second-order valence-corrected chi connectivity index (χ2v) is 14.1. The van der Waals surface area contributed by atoms with Gasteiger partial charge in [0.2, 0.25) is 0 Å². The summed E-state index contributed by atoms with van der Waals surface area (Å²) in [5.74, 6) is -0.399. The molecule has 2 fully saturated rings. The molecule has 2 aliphatic heterocycles. The Kier molecular flexibility index (Phi) is 17.3. The molecule has 2 aliphatic rings. The maximum Gasteiger partial charge on any atom is 0.430 e. The average molecular weight is 717 g/mol. The highest BCUT2D eigenvalue weighted by atomic mass is 19.4. The summed E-state index contributed by atoms with van der Waals surface area (Å²) in [7, 11) is 0. The van der Waals surface area contributed by atoms with Gasteiger partial charge in [0.25, 0.3) is 5.60 Å². The van der Waals surface area contributed by atoms with Gasteiger partial charge in [0.05, 0.1) is 36.3 Å². The zero-order valence-corrected chi connectivity index (χ0v) is 29.6. The van der Waals surface area contributed by atoms with Gasteiger partial charge in [-0.2, -0.15) is 26.3 Å². The predicted molar refractivity (Wildman–Crippen MR) is 176 cm³/mol. The number of ether oxygens (including phenoxy) is 3. The summed E-state index contributed by atoms with van der Waals surface area (Å²) in [5, 5.41) is 18.3. The first-order valence-corrected chi connectivity index (χ1v) is 16.4. The zero-order valence-electron chi connectivity index (χ0n) is 29.6. The minimum atomic E-state index is -6.13. The highest BCUT2D eigenvalue weighted by molar-refractivity contribution is 5.77. The van der Waals surface area contributed by atoms with E-state index in [2.05, 4.69) is 48.9 Å². The average Bonchev–Trinajstić information content (AvgIpc) is 3.66. The maximum absolute atomic E-state index is 12.8. The summed E-state index contributed by atoms with van der Waals surface area (Å²) in [6.45, 7) is 13.2. The van der Waals surface area contributed by atoms with Crippen molar-refractivity contribution >= 4 is 11.9 Å². The van der Waals surface area contributed by atoms with Crippen LogP contribution in [-0.2, 0) is 23.8 Å². The van der Waals surface area contributed by atoms with E-state index in [9.17, 15) is 41.0 Å². The number of esters is 2. The molecule has 0 amide bonds. The largest absolute Gasteiger partial charge is 0.465 e. The first-order chi connectivity index (χ1) is 21.9. The van der Waals surface area contributed by atoms with Crippen molar-refractivity contribution < 1.29 is 60.4 Å². The lowest BCUT2D eigenvalue weighted by molar-refractivity contribution is -0.408. The lowest BCUT2D eigenvalue weighted by Gasteiger charge is -2.44. The molecule has 0 aliphatic carbocycles. The molecule has 286 valence electrons. The molecule has 2 N–H and O–H groups in total. The summed E-state index contributed by atoms with van der Waals surface area (Å²) in [6.07, 6.45) is -6.11. The number of hydrogen-bond donors (Lipinski definition) is 2. The van der Waals surface area contributed by atoms with Gasteiger partial charge in [-0.1, -0.05) is 65.5 Å². The van der Waals surface area contributed by atoms with Crippen LogP contribution in [0.15, 0.2) is 30.3 Å². The van der Waals surface area contributed by atoms with Gasteiger partial charge in [-0.15, -0.1) is 0 Å². The maximum atomic E-state index is 12.8. The summed E-state index contributed by atoms with van der Waals surface area (Å²) >= 11 is 0. The number of rotatable bonds is 11. The van der Waals surface area contributed by atoms with Crippen molar-refractivity contribution in [2.45, 2.75) is 150 Å². The standard InChI is InChI=1S/C13H22O3.C12H18F6O4.C10H14.CH4/c1-4-13(2,3)12(14)15-8-9-7-10-5-6-11(9)16-10;1-5-9(4,6-19)7(20)22-8(2,3)10(21,11(13,14)15)12(16,17)18;1-3-9(2)10-7-5-4-6-8-10;/h9-11H,4-8H2,1-3H3;19,21H,5-6H2,1-4H3;4-9H,3H2,1-2H3;1H4. The first-order valence-electron chi connectivity index (χ1n) is 16.4. The number of benzene rings is 1. The summed E-state index contributed by atoms with van der Waals surface area (Å²) in [6, 6.07) is 10.6. The molecule has 2 saturated heterocycles. The molecule has 5 unspecified atom stereocenters. The van der Waals surface area contributed by atoms with Crippen LogP contribution in [-0.4, -0.2) is 71.1 Å². The van der Waals surface area contributed by atoms with Crippen LogP contribution in [0.2, 0.25) is 0 Å². The highest BCUT2D eigenvalue weighted by Gasteiger charge is 2.78. The summed E-state index contributed by atoms with van der Waals surface area (Å²) in [4.78, 5) is 23.6. The first kappa shape index (κ1) is 46.6. The van der Waals surface area contributed by atoms with Gasteiger partial charge in [0.15, 0.2) is 5.60 Å². The molecule has 0 radical (unpaired) electrons. The van der Waals surface area contributed by atoms with E-state index in [1.807, 2.05) is 20.8 Å². The van der Waals surface area contributed by atoms with Gasteiger partial charge >= 0.3 is 24.3 Å². The number of carbonyl (C=O) groups is 2. The van der Waals surface area contributed by atoms with Gasteiger partial charge < -0.3 is 24.4 Å². The molecule has 13 heteroatoms. The smallest absolute Gasteiger partial charge is 0.430 e. The van der Waals surface area contributed by atoms with Crippen molar-refractivity contribution in [2.75, 3.05) is 13.2 Å². The Balaban J connectivity index is 0.000000744. The molecular weight excluding hydrogens is 658 g/mol. The van der Waals surface area contributed by atoms with Crippen molar-refractivity contribution in [1.82, 2.24) is 0 Å². The number of fused-ring (bicyclic) bond motifs is 2. The lowest BCUT2D eigenvalue weighted by atomic mass is 9.82. The molecular formula is C36H58F6O7. The van der Waals surface area contributed by atoms with Crippen LogP contribution in [0.3, 0.4) is 0 Å². The second kappa shape index (κ2) is 18.2. The number of aliphatic hydroxyl groups is 2. The molecule has 7 nitrogen and oxygen atoms in total. The Morgan fingerprint density at radius 2 is 1.43 bits per heavy atom. The minimum Gasteiger partial charge on any atom is -0.465 e. The number of alkyl halides is 6. The Morgan fingerprint density at radius 3 is 1.80 bits per heavy atom. The molecule has 49 heavy (non-hydrogen) atoms. The van der Waals surface area contributed by atoms with Crippen LogP contribution in [0, 0.1) is 16.7 Å². The fourth-order valence-electron chi connectivity index (χ4n) is 5.05. The van der Waals surface area contributed by atoms with E-state index in [1.54, 1.807) is 0 Å². The molecule has 1 aromatic rings. The number of halogens is 6.